The Bertz CT molecular complexity index is 4570. The third-order valence-electron chi connectivity index (χ3n) is 17.2. The number of benzene rings is 12. The van der Waals surface area contributed by atoms with Crippen LogP contribution in [0.25, 0.3) is 66.4 Å². The Hall–Kier alpha value is -10.2. The molecule has 0 saturated carbocycles. The van der Waals surface area contributed by atoms with Gasteiger partial charge in [0.2, 0.25) is 0 Å². The second-order valence-corrected chi connectivity index (χ2v) is 21.0. The van der Waals surface area contributed by atoms with Crippen molar-refractivity contribution in [2.45, 2.75) is 10.8 Å². The van der Waals surface area contributed by atoms with Crippen molar-refractivity contribution in [3.63, 3.8) is 0 Å². The summed E-state index contributed by atoms with van der Waals surface area (Å²) in [5.74, 6) is 3.51. The molecule has 0 saturated heterocycles. The molecule has 13 aromatic rings. The molecule has 0 unspecified atom stereocenters. The number of rotatable bonds is 5. The molecular formula is C74H45NO3. The lowest BCUT2D eigenvalue weighted by Crippen LogP contribution is -2.32. The van der Waals surface area contributed by atoms with E-state index < -0.39 is 10.8 Å². The van der Waals surface area contributed by atoms with E-state index in [1.807, 2.05) is 12.1 Å². The molecule has 4 nitrogen and oxygen atoms in total. The Balaban J connectivity index is 0.871. The van der Waals surface area contributed by atoms with Gasteiger partial charge in [0.05, 0.1) is 10.8 Å². The highest BCUT2D eigenvalue weighted by molar-refractivity contribution is 6.12. The minimum Gasteiger partial charge on any atom is -0.457 e. The Morgan fingerprint density at radius 3 is 1.29 bits per heavy atom. The molecule has 0 amide bonds. The first-order chi connectivity index (χ1) is 38.7. The zero-order valence-electron chi connectivity index (χ0n) is 42.2. The van der Waals surface area contributed by atoms with E-state index in [0.29, 0.717) is 0 Å². The van der Waals surface area contributed by atoms with Gasteiger partial charge in [0.1, 0.15) is 34.2 Å². The molecule has 4 heteroatoms. The highest BCUT2D eigenvalue weighted by Crippen LogP contribution is 2.64. The first-order valence-electron chi connectivity index (χ1n) is 26.8. The molecule has 0 N–H and O–H groups in total. The highest BCUT2D eigenvalue weighted by atomic mass is 16.5. The minimum atomic E-state index is -0.629. The molecule has 4 aliphatic rings. The van der Waals surface area contributed by atoms with Crippen LogP contribution in [-0.4, -0.2) is 0 Å². The van der Waals surface area contributed by atoms with E-state index in [-0.39, 0.29) is 0 Å². The Labute approximate surface area is 451 Å². The predicted octanol–water partition coefficient (Wildman–Crippen LogP) is 19.3. The van der Waals surface area contributed by atoms with Crippen LogP contribution in [0.5, 0.6) is 23.0 Å². The Morgan fingerprint density at radius 2 is 0.679 bits per heavy atom. The van der Waals surface area contributed by atoms with Gasteiger partial charge in [-0.3, -0.25) is 0 Å². The summed E-state index contributed by atoms with van der Waals surface area (Å²) in [4.78, 5) is 2.44. The molecular weight excluding hydrogens is 951 g/mol. The fourth-order valence-corrected chi connectivity index (χ4v) is 14.1. The number of para-hydroxylation sites is 5. The predicted molar refractivity (Wildman–Crippen MR) is 314 cm³/mol. The third-order valence-corrected chi connectivity index (χ3v) is 17.2. The second kappa shape index (κ2) is 16.2. The fourth-order valence-electron chi connectivity index (χ4n) is 14.1. The molecule has 12 aromatic carbocycles. The second-order valence-electron chi connectivity index (χ2n) is 21.0. The lowest BCUT2D eigenvalue weighted by atomic mass is 9.66. The van der Waals surface area contributed by atoms with Gasteiger partial charge in [-0.1, -0.05) is 194 Å². The van der Waals surface area contributed by atoms with Gasteiger partial charge in [-0.2, -0.15) is 0 Å². The number of ether oxygens (including phenoxy) is 2. The van der Waals surface area contributed by atoms with Crippen LogP contribution in [0.1, 0.15) is 44.5 Å². The van der Waals surface area contributed by atoms with Crippen molar-refractivity contribution in [3.05, 3.63) is 317 Å². The summed E-state index contributed by atoms with van der Waals surface area (Å²) < 4.78 is 19.8. The van der Waals surface area contributed by atoms with Gasteiger partial charge < -0.3 is 18.8 Å². The van der Waals surface area contributed by atoms with Crippen LogP contribution in [0.2, 0.25) is 0 Å². The molecule has 78 heavy (non-hydrogen) atoms. The van der Waals surface area contributed by atoms with Gasteiger partial charge in [0.15, 0.2) is 0 Å². The van der Waals surface area contributed by atoms with Crippen molar-refractivity contribution in [2.75, 3.05) is 4.90 Å². The number of fused-ring (bicyclic) bond motifs is 21. The number of anilines is 3. The van der Waals surface area contributed by atoms with Crippen LogP contribution in [0.3, 0.4) is 0 Å². The molecule has 2 aliphatic heterocycles. The third kappa shape index (κ3) is 5.78. The molecule has 0 radical (unpaired) electrons. The molecule has 364 valence electrons. The summed E-state index contributed by atoms with van der Waals surface area (Å²) in [5.41, 5.74) is 22.7. The molecule has 2 spiro atoms. The van der Waals surface area contributed by atoms with E-state index in [9.17, 15) is 0 Å². The molecule has 2 aliphatic carbocycles. The zero-order chi connectivity index (χ0) is 51.1. The van der Waals surface area contributed by atoms with Crippen LogP contribution in [0.4, 0.5) is 17.1 Å². The van der Waals surface area contributed by atoms with Crippen molar-refractivity contribution >= 4 is 39.0 Å². The van der Waals surface area contributed by atoms with Gasteiger partial charge in [-0.15, -0.1) is 0 Å². The number of hydrogen-bond acceptors (Lipinski definition) is 4. The van der Waals surface area contributed by atoms with Crippen LogP contribution in [0, 0.1) is 0 Å². The van der Waals surface area contributed by atoms with Crippen molar-refractivity contribution in [3.8, 4) is 67.5 Å². The van der Waals surface area contributed by atoms with E-state index in [2.05, 4.69) is 266 Å². The van der Waals surface area contributed by atoms with E-state index in [1.54, 1.807) is 0 Å². The number of furan rings is 1. The smallest absolute Gasteiger partial charge is 0.136 e. The minimum absolute atomic E-state index is 0.578. The molecule has 1 aromatic heterocycles. The maximum absolute atomic E-state index is 6.75. The zero-order valence-corrected chi connectivity index (χ0v) is 42.2. The van der Waals surface area contributed by atoms with Crippen molar-refractivity contribution in [2.24, 2.45) is 0 Å². The summed E-state index contributed by atoms with van der Waals surface area (Å²) in [6.45, 7) is 0. The van der Waals surface area contributed by atoms with Gasteiger partial charge in [0.25, 0.3) is 0 Å². The summed E-state index contributed by atoms with van der Waals surface area (Å²) >= 11 is 0. The summed E-state index contributed by atoms with van der Waals surface area (Å²) in [7, 11) is 0. The topological polar surface area (TPSA) is 34.8 Å². The van der Waals surface area contributed by atoms with E-state index in [1.165, 1.54) is 44.5 Å². The number of nitrogens with zero attached hydrogens (tertiary/aromatic N) is 1. The van der Waals surface area contributed by atoms with Gasteiger partial charge in [-0.05, 0) is 146 Å². The average Bonchev–Trinajstić information content (AvgIpc) is 4.30. The standard InChI is InChI=1S/C74H45NO3/c1-4-23-58-53(19-1)55-41-37-48(44-64(55)73(58)60-25-6-11-30-67(60)77-68-31-12-7-26-61(68)73)47-17-15-18-50(43-47)75(49-38-35-46(36-39-49)52-22-16-34-71-72(52)57-21-3-10-29-66(57)76-71)51-40-42-56-54-20-2-5-24-59(54)74(65(56)45-51)62-27-8-13-32-69(62)78-70-33-14-9-28-63(70)74/h1-45H. The first-order valence-corrected chi connectivity index (χ1v) is 26.8. The monoisotopic (exact) mass is 995 g/mol. The molecule has 0 atom stereocenters. The van der Waals surface area contributed by atoms with Gasteiger partial charge >= 0.3 is 0 Å². The molecule has 0 bridgehead atoms. The van der Waals surface area contributed by atoms with Crippen LogP contribution >= 0.6 is 0 Å². The van der Waals surface area contributed by atoms with Crippen LogP contribution in [0.15, 0.2) is 277 Å². The van der Waals surface area contributed by atoms with Crippen molar-refractivity contribution < 1.29 is 13.9 Å². The van der Waals surface area contributed by atoms with Gasteiger partial charge in [0, 0.05) is 50.1 Å². The summed E-state index contributed by atoms with van der Waals surface area (Å²) in [5, 5.41) is 2.24. The lowest BCUT2D eigenvalue weighted by Gasteiger charge is -2.39. The first kappa shape index (κ1) is 43.1. The van der Waals surface area contributed by atoms with Crippen LogP contribution in [-0.2, 0) is 10.8 Å². The Morgan fingerprint density at radius 1 is 0.256 bits per heavy atom. The molecule has 17 rings (SSSR count). The molecule has 3 heterocycles. The van der Waals surface area contributed by atoms with E-state index in [0.717, 1.165) is 107 Å². The average molecular weight is 996 g/mol. The lowest BCUT2D eigenvalue weighted by molar-refractivity contribution is 0.436. The normalized spacial score (nSPS) is 14.1. The van der Waals surface area contributed by atoms with Crippen molar-refractivity contribution in [1.82, 2.24) is 0 Å². The highest BCUT2D eigenvalue weighted by Gasteiger charge is 2.53. The quantitative estimate of drug-likeness (QED) is 0.172. The largest absolute Gasteiger partial charge is 0.457 e. The van der Waals surface area contributed by atoms with Gasteiger partial charge in [-0.25, -0.2) is 0 Å². The maximum Gasteiger partial charge on any atom is 0.136 e. The molecule has 0 fully saturated rings. The summed E-state index contributed by atoms with van der Waals surface area (Å²) in [6, 6.07) is 99.3. The van der Waals surface area contributed by atoms with Crippen molar-refractivity contribution in [1.29, 1.82) is 0 Å². The number of hydrogen-bond donors (Lipinski definition) is 0. The fraction of sp³-hybridized carbons (Fsp3) is 0.0270. The SMILES string of the molecule is c1cc(-c2ccc3c(c2)C2(c4ccccc4Oc4ccccc42)c2ccccc2-3)cc(N(c2ccc(-c3cccc4oc5ccccc5c34)cc2)c2ccc3c(c2)C2(c4ccccc4Oc4ccccc42)c2ccccc2-3)c1. The Kier molecular flexibility index (Phi) is 8.94. The maximum atomic E-state index is 6.75. The van der Waals surface area contributed by atoms with Crippen LogP contribution < -0.4 is 14.4 Å². The summed E-state index contributed by atoms with van der Waals surface area (Å²) in [6.07, 6.45) is 0. The van der Waals surface area contributed by atoms with E-state index in [4.69, 9.17) is 13.9 Å². The van der Waals surface area contributed by atoms with E-state index >= 15 is 0 Å².